The summed E-state index contributed by atoms with van der Waals surface area (Å²) in [6, 6.07) is 0. The molecular weight excluding hydrogens is 337 g/mol. The van der Waals surface area contributed by atoms with Gasteiger partial charge < -0.3 is 0 Å². The van der Waals surface area contributed by atoms with Gasteiger partial charge in [0.15, 0.2) is 0 Å². The summed E-state index contributed by atoms with van der Waals surface area (Å²) >= 11 is 12.7. The van der Waals surface area contributed by atoms with Gasteiger partial charge in [-0.05, 0) is 12.5 Å². The molecule has 0 unspecified atom stereocenters. The maximum Gasteiger partial charge on any atom is 0.0228 e. The first kappa shape index (κ1) is 18.1. The van der Waals surface area contributed by atoms with Gasteiger partial charge in [0.25, 0.3) is 0 Å². The monoisotopic (exact) mass is 360 g/mol. The Labute approximate surface area is 138 Å². The molecule has 1 rings (SSSR count). The molecule has 18 heavy (non-hydrogen) atoms. The Morgan fingerprint density at radius 2 is 1.22 bits per heavy atom. The predicted octanol–water partition coefficient (Wildman–Crippen LogP) is 4.40. The molecule has 1 aliphatic heterocycles. The van der Waals surface area contributed by atoms with Crippen LogP contribution in [0.2, 0.25) is 0 Å². The molecule has 0 aromatic carbocycles. The standard InChI is InChI=1S/C12H24S6/c1-13-7-11-9-15-4-6-18-12(8-14-2)10-16-3-5-17-11/h11-12H,3-10H2,1-2H3/t11-,12-/m0/s1. The molecule has 0 radical (unpaired) electrons. The summed E-state index contributed by atoms with van der Waals surface area (Å²) in [7, 11) is 0. The molecule has 0 aliphatic carbocycles. The first-order chi connectivity index (χ1) is 8.86. The fourth-order valence-electron chi connectivity index (χ4n) is 1.64. The van der Waals surface area contributed by atoms with E-state index in [9.17, 15) is 0 Å². The quantitative estimate of drug-likeness (QED) is 0.723. The fourth-order valence-corrected chi connectivity index (χ4v) is 9.32. The van der Waals surface area contributed by atoms with Crippen molar-refractivity contribution in [3.05, 3.63) is 0 Å². The van der Waals surface area contributed by atoms with Crippen LogP contribution in [0.4, 0.5) is 0 Å². The van der Waals surface area contributed by atoms with E-state index in [1.54, 1.807) is 0 Å². The van der Waals surface area contributed by atoms with Crippen LogP contribution in [0.5, 0.6) is 0 Å². The highest BCUT2D eigenvalue weighted by Crippen LogP contribution is 2.26. The lowest BCUT2D eigenvalue weighted by molar-refractivity contribution is 1.13. The highest BCUT2D eigenvalue weighted by Gasteiger charge is 2.13. The zero-order valence-electron chi connectivity index (χ0n) is 11.3. The van der Waals surface area contributed by atoms with Gasteiger partial charge in [0.1, 0.15) is 0 Å². The van der Waals surface area contributed by atoms with E-state index in [1.807, 2.05) is 23.5 Å². The average molecular weight is 361 g/mol. The van der Waals surface area contributed by atoms with Crippen molar-refractivity contribution >= 4 is 70.6 Å². The van der Waals surface area contributed by atoms with Crippen molar-refractivity contribution in [2.75, 3.05) is 58.5 Å². The highest BCUT2D eigenvalue weighted by atomic mass is 32.2. The van der Waals surface area contributed by atoms with Crippen LogP contribution in [0, 0.1) is 0 Å². The van der Waals surface area contributed by atoms with E-state index >= 15 is 0 Å². The number of hydrogen-bond donors (Lipinski definition) is 0. The predicted molar refractivity (Wildman–Crippen MR) is 104 cm³/mol. The van der Waals surface area contributed by atoms with Gasteiger partial charge in [-0.2, -0.15) is 70.6 Å². The summed E-state index contributed by atoms with van der Waals surface area (Å²) < 4.78 is 0. The van der Waals surface area contributed by atoms with Crippen LogP contribution in [-0.2, 0) is 0 Å². The van der Waals surface area contributed by atoms with Gasteiger partial charge in [-0.3, -0.25) is 0 Å². The third-order valence-electron chi connectivity index (χ3n) is 2.48. The van der Waals surface area contributed by atoms with E-state index < -0.39 is 0 Å². The molecule has 1 aliphatic rings. The minimum Gasteiger partial charge on any atom is -0.164 e. The van der Waals surface area contributed by atoms with Crippen LogP contribution in [0.3, 0.4) is 0 Å². The van der Waals surface area contributed by atoms with Crippen molar-refractivity contribution in [3.63, 3.8) is 0 Å². The molecule has 0 saturated carbocycles. The summed E-state index contributed by atoms with van der Waals surface area (Å²) in [5.74, 6) is 10.7. The van der Waals surface area contributed by atoms with Gasteiger partial charge in [-0.15, -0.1) is 0 Å². The number of hydrogen-bond acceptors (Lipinski definition) is 6. The molecule has 108 valence electrons. The Balaban J connectivity index is 2.28. The summed E-state index contributed by atoms with van der Waals surface area (Å²) in [5.41, 5.74) is 0. The zero-order chi connectivity index (χ0) is 13.1. The van der Waals surface area contributed by atoms with E-state index in [2.05, 4.69) is 59.6 Å². The smallest absolute Gasteiger partial charge is 0.0228 e. The highest BCUT2D eigenvalue weighted by molar-refractivity contribution is 8.08. The first-order valence-electron chi connectivity index (χ1n) is 6.23. The molecule has 6 heteroatoms. The Bertz CT molecular complexity index is 157. The summed E-state index contributed by atoms with van der Waals surface area (Å²) in [4.78, 5) is 0. The molecule has 0 bridgehead atoms. The Hall–Kier alpha value is 2.10. The second-order valence-electron chi connectivity index (χ2n) is 4.05. The SMILES string of the molecule is CSC[C@H]1CSCCS[C@@H](CSC)CSCCS1. The molecule has 0 aromatic heterocycles. The third-order valence-corrected chi connectivity index (χ3v) is 10.1. The van der Waals surface area contributed by atoms with Gasteiger partial charge in [-0.1, -0.05) is 0 Å². The van der Waals surface area contributed by atoms with Gasteiger partial charge in [-0.25, -0.2) is 0 Å². The van der Waals surface area contributed by atoms with E-state index in [4.69, 9.17) is 0 Å². The molecule has 1 heterocycles. The fraction of sp³-hybridized carbons (Fsp3) is 1.00. The van der Waals surface area contributed by atoms with Crippen molar-refractivity contribution < 1.29 is 0 Å². The van der Waals surface area contributed by atoms with Crippen molar-refractivity contribution in [3.8, 4) is 0 Å². The topological polar surface area (TPSA) is 0 Å². The van der Waals surface area contributed by atoms with Gasteiger partial charge in [0, 0.05) is 56.5 Å². The van der Waals surface area contributed by atoms with Gasteiger partial charge >= 0.3 is 0 Å². The van der Waals surface area contributed by atoms with Crippen molar-refractivity contribution in [2.24, 2.45) is 0 Å². The minimum absolute atomic E-state index is 0.872. The minimum atomic E-state index is 0.872. The Morgan fingerprint density at radius 1 is 0.778 bits per heavy atom. The van der Waals surface area contributed by atoms with E-state index in [-0.39, 0.29) is 0 Å². The molecule has 1 fully saturated rings. The molecular formula is C12H24S6. The van der Waals surface area contributed by atoms with Gasteiger partial charge in [0.2, 0.25) is 0 Å². The van der Waals surface area contributed by atoms with Crippen molar-refractivity contribution in [1.82, 2.24) is 0 Å². The van der Waals surface area contributed by atoms with Crippen LogP contribution in [0.25, 0.3) is 0 Å². The zero-order valence-corrected chi connectivity index (χ0v) is 16.2. The average Bonchev–Trinajstić information content (AvgIpc) is 2.35. The number of thioether (sulfide) groups is 6. The molecule has 0 spiro atoms. The first-order valence-corrected chi connectivity index (χ1v) is 13.4. The van der Waals surface area contributed by atoms with Crippen LogP contribution < -0.4 is 0 Å². The molecule has 0 N–H and O–H groups in total. The summed E-state index contributed by atoms with van der Waals surface area (Å²) in [5, 5.41) is 1.74. The van der Waals surface area contributed by atoms with Crippen molar-refractivity contribution in [2.45, 2.75) is 10.5 Å². The number of rotatable bonds is 4. The van der Waals surface area contributed by atoms with Crippen LogP contribution in [-0.4, -0.2) is 69.0 Å². The third kappa shape index (κ3) is 9.11. The molecule has 1 saturated heterocycles. The normalized spacial score (nSPS) is 28.3. The Kier molecular flexibility index (Phi) is 12.9. The lowest BCUT2D eigenvalue weighted by atomic mass is 10.5. The Morgan fingerprint density at radius 3 is 1.61 bits per heavy atom. The summed E-state index contributed by atoms with van der Waals surface area (Å²) in [6.07, 6.45) is 4.47. The second kappa shape index (κ2) is 12.8. The lowest BCUT2D eigenvalue weighted by Crippen LogP contribution is -2.15. The lowest BCUT2D eigenvalue weighted by Gasteiger charge is -2.19. The maximum atomic E-state index is 2.24. The van der Waals surface area contributed by atoms with Crippen LogP contribution in [0.1, 0.15) is 0 Å². The summed E-state index contributed by atoms with van der Waals surface area (Å²) in [6.45, 7) is 0. The second-order valence-corrected chi connectivity index (χ2v) is 11.0. The van der Waals surface area contributed by atoms with E-state index in [0.717, 1.165) is 10.5 Å². The molecule has 0 amide bonds. The van der Waals surface area contributed by atoms with E-state index in [0.29, 0.717) is 0 Å². The van der Waals surface area contributed by atoms with Crippen molar-refractivity contribution in [1.29, 1.82) is 0 Å². The largest absolute Gasteiger partial charge is 0.164 e. The molecule has 0 aromatic rings. The maximum absolute atomic E-state index is 2.24. The van der Waals surface area contributed by atoms with E-state index in [1.165, 1.54) is 46.0 Å². The van der Waals surface area contributed by atoms with Crippen LogP contribution in [0.15, 0.2) is 0 Å². The molecule has 0 nitrogen and oxygen atoms in total. The molecule has 2 atom stereocenters. The van der Waals surface area contributed by atoms with Crippen LogP contribution >= 0.6 is 70.6 Å². The van der Waals surface area contributed by atoms with Gasteiger partial charge in [0.05, 0.1) is 0 Å².